The molecule has 1 heterocycles. The zero-order valence-electron chi connectivity index (χ0n) is 19.4. The molecule has 1 atom stereocenters. The smallest absolute Gasteiger partial charge is 0.251 e. The van der Waals surface area contributed by atoms with E-state index in [4.69, 9.17) is 13.9 Å². The average Bonchev–Trinajstić information content (AvgIpc) is 2.99. The van der Waals surface area contributed by atoms with Gasteiger partial charge in [-0.1, -0.05) is 32.9 Å². The molecule has 1 unspecified atom stereocenters. The van der Waals surface area contributed by atoms with E-state index in [1.807, 2.05) is 23.1 Å². The highest BCUT2D eigenvalue weighted by atomic mass is 28.4. The molecule has 0 spiro atoms. The highest BCUT2D eigenvalue weighted by molar-refractivity contribution is 6.74. The zero-order chi connectivity index (χ0) is 22.1. The van der Waals surface area contributed by atoms with Crippen LogP contribution >= 0.6 is 0 Å². The number of hydrogen-bond donors (Lipinski definition) is 0. The van der Waals surface area contributed by atoms with Crippen LogP contribution in [0.25, 0.3) is 0 Å². The molecule has 1 aromatic carbocycles. The number of fused-ring (bicyclic) bond motifs is 1. The number of carbonyl (C=O) groups is 1. The SMILES string of the molecule is COc1ccc(CCN2C(=O)C=C3CC(O[Si](C)(C)C(C)(C)C)CC=C32)cc1OC. The van der Waals surface area contributed by atoms with Crippen molar-refractivity contribution in [3.05, 3.63) is 47.2 Å². The van der Waals surface area contributed by atoms with Crippen LogP contribution < -0.4 is 9.47 Å². The fraction of sp³-hybridized carbons (Fsp3) is 0.542. The van der Waals surface area contributed by atoms with Gasteiger partial charge in [0.2, 0.25) is 0 Å². The minimum absolute atomic E-state index is 0.0738. The molecule has 2 aliphatic rings. The number of ether oxygens (including phenoxy) is 2. The van der Waals surface area contributed by atoms with Crippen LogP contribution in [0.4, 0.5) is 0 Å². The molecule has 6 heteroatoms. The lowest BCUT2D eigenvalue weighted by Gasteiger charge is -2.40. The van der Waals surface area contributed by atoms with Crippen LogP contribution in [0.3, 0.4) is 0 Å². The molecule has 1 aliphatic heterocycles. The highest BCUT2D eigenvalue weighted by Gasteiger charge is 2.40. The molecule has 5 nitrogen and oxygen atoms in total. The Balaban J connectivity index is 1.66. The lowest BCUT2D eigenvalue weighted by Crippen LogP contribution is -2.44. The number of methoxy groups -OCH3 is 2. The first-order valence-corrected chi connectivity index (χ1v) is 13.6. The topological polar surface area (TPSA) is 48.0 Å². The van der Waals surface area contributed by atoms with Gasteiger partial charge in [-0.15, -0.1) is 0 Å². The monoisotopic (exact) mass is 429 g/mol. The van der Waals surface area contributed by atoms with Crippen molar-refractivity contribution < 1.29 is 18.7 Å². The Hall–Kier alpha value is -2.05. The summed E-state index contributed by atoms with van der Waals surface area (Å²) >= 11 is 0. The first-order valence-electron chi connectivity index (χ1n) is 10.7. The molecular formula is C24H35NO4Si. The number of benzene rings is 1. The lowest BCUT2D eigenvalue weighted by atomic mass is 9.97. The maximum absolute atomic E-state index is 12.7. The standard InChI is InChI=1S/C24H35NO4Si/c1-24(2,3)30(6,7)29-19-9-10-20-18(15-19)16-23(26)25(20)13-12-17-8-11-21(27-4)22(14-17)28-5/h8,10-11,14,16,19H,9,12-13,15H2,1-7H3. The van der Waals surface area contributed by atoms with Gasteiger partial charge in [0.15, 0.2) is 19.8 Å². The fourth-order valence-electron chi connectivity index (χ4n) is 3.76. The fourth-order valence-corrected chi connectivity index (χ4v) is 5.13. The zero-order valence-corrected chi connectivity index (χ0v) is 20.4. The number of carbonyl (C=O) groups excluding carboxylic acids is 1. The summed E-state index contributed by atoms with van der Waals surface area (Å²) in [7, 11) is 1.44. The maximum atomic E-state index is 12.7. The first kappa shape index (κ1) is 22.6. The number of nitrogens with zero attached hydrogens (tertiary/aromatic N) is 1. The normalized spacial score (nSPS) is 19.4. The third-order valence-corrected chi connectivity index (χ3v) is 11.1. The Morgan fingerprint density at radius 3 is 2.47 bits per heavy atom. The Morgan fingerprint density at radius 1 is 1.13 bits per heavy atom. The maximum Gasteiger partial charge on any atom is 0.251 e. The molecule has 0 saturated carbocycles. The molecule has 30 heavy (non-hydrogen) atoms. The molecule has 0 bridgehead atoms. The second-order valence-electron chi connectivity index (χ2n) is 9.63. The highest BCUT2D eigenvalue weighted by Crippen LogP contribution is 2.41. The molecule has 3 rings (SSSR count). The van der Waals surface area contributed by atoms with Gasteiger partial charge in [0.1, 0.15) is 0 Å². The van der Waals surface area contributed by atoms with Crippen molar-refractivity contribution in [3.8, 4) is 11.5 Å². The van der Waals surface area contributed by atoms with Crippen LogP contribution in [0.5, 0.6) is 11.5 Å². The lowest BCUT2D eigenvalue weighted by molar-refractivity contribution is -0.123. The second kappa shape index (κ2) is 8.59. The summed E-state index contributed by atoms with van der Waals surface area (Å²) in [6.45, 7) is 12.0. The molecular weight excluding hydrogens is 394 g/mol. The van der Waals surface area contributed by atoms with Gasteiger partial charge in [-0.3, -0.25) is 4.79 Å². The van der Waals surface area contributed by atoms with Gasteiger partial charge in [0.05, 0.1) is 20.3 Å². The largest absolute Gasteiger partial charge is 0.493 e. The van der Waals surface area contributed by atoms with Gasteiger partial charge in [0, 0.05) is 18.3 Å². The Kier molecular flexibility index (Phi) is 6.48. The van der Waals surface area contributed by atoms with E-state index in [0.717, 1.165) is 36.1 Å². The van der Waals surface area contributed by atoms with Crippen molar-refractivity contribution in [1.29, 1.82) is 0 Å². The van der Waals surface area contributed by atoms with Gasteiger partial charge < -0.3 is 18.8 Å². The molecule has 0 saturated heterocycles. The molecule has 1 aromatic rings. The van der Waals surface area contributed by atoms with E-state index in [1.165, 1.54) is 0 Å². The average molecular weight is 430 g/mol. The van der Waals surface area contributed by atoms with Crippen molar-refractivity contribution >= 4 is 14.2 Å². The number of hydrogen-bond acceptors (Lipinski definition) is 4. The van der Waals surface area contributed by atoms with Crippen molar-refractivity contribution in [2.75, 3.05) is 20.8 Å². The van der Waals surface area contributed by atoms with Gasteiger partial charge in [-0.05, 0) is 60.7 Å². The van der Waals surface area contributed by atoms with Gasteiger partial charge in [-0.25, -0.2) is 0 Å². The summed E-state index contributed by atoms with van der Waals surface area (Å²) in [5.41, 5.74) is 3.29. The summed E-state index contributed by atoms with van der Waals surface area (Å²) in [6, 6.07) is 5.91. The number of allylic oxidation sites excluding steroid dienone is 1. The van der Waals surface area contributed by atoms with E-state index in [1.54, 1.807) is 20.3 Å². The van der Waals surface area contributed by atoms with E-state index in [9.17, 15) is 4.79 Å². The minimum Gasteiger partial charge on any atom is -0.493 e. The van der Waals surface area contributed by atoms with Crippen molar-refractivity contribution in [2.45, 2.75) is 64.3 Å². The Bertz CT molecular complexity index is 866. The first-order chi connectivity index (χ1) is 14.1. The van der Waals surface area contributed by atoms with Crippen molar-refractivity contribution in [2.24, 2.45) is 0 Å². The summed E-state index contributed by atoms with van der Waals surface area (Å²) in [5.74, 6) is 1.50. The quantitative estimate of drug-likeness (QED) is 0.567. The summed E-state index contributed by atoms with van der Waals surface area (Å²) in [4.78, 5) is 14.6. The van der Waals surface area contributed by atoms with E-state index < -0.39 is 8.32 Å². The summed E-state index contributed by atoms with van der Waals surface area (Å²) in [6.07, 6.45) is 6.58. The van der Waals surface area contributed by atoms with Crippen LogP contribution in [0, 0.1) is 0 Å². The molecule has 0 radical (unpaired) electrons. The molecule has 1 aliphatic carbocycles. The molecule has 0 N–H and O–H groups in total. The van der Waals surface area contributed by atoms with Crippen molar-refractivity contribution in [3.63, 3.8) is 0 Å². The van der Waals surface area contributed by atoms with E-state index in [-0.39, 0.29) is 17.0 Å². The number of amides is 1. The predicted molar refractivity (Wildman–Crippen MR) is 122 cm³/mol. The third-order valence-electron chi connectivity index (χ3n) is 6.54. The van der Waals surface area contributed by atoms with E-state index in [2.05, 4.69) is 39.9 Å². The predicted octanol–water partition coefficient (Wildman–Crippen LogP) is 5.08. The third kappa shape index (κ3) is 4.65. The molecule has 0 fully saturated rings. The summed E-state index contributed by atoms with van der Waals surface area (Å²) < 4.78 is 17.3. The van der Waals surface area contributed by atoms with Crippen LogP contribution in [-0.4, -0.2) is 46.0 Å². The van der Waals surface area contributed by atoms with Gasteiger partial charge in [-0.2, -0.15) is 0 Å². The molecule has 1 amide bonds. The van der Waals surface area contributed by atoms with Crippen LogP contribution in [0.2, 0.25) is 18.1 Å². The number of rotatable bonds is 7. The van der Waals surface area contributed by atoms with Gasteiger partial charge in [0.25, 0.3) is 5.91 Å². The van der Waals surface area contributed by atoms with E-state index in [0.29, 0.717) is 18.0 Å². The Labute approximate surface area is 181 Å². The van der Waals surface area contributed by atoms with E-state index >= 15 is 0 Å². The Morgan fingerprint density at radius 2 is 1.83 bits per heavy atom. The summed E-state index contributed by atoms with van der Waals surface area (Å²) in [5, 5.41) is 0.183. The molecule has 0 aromatic heterocycles. The minimum atomic E-state index is -1.82. The van der Waals surface area contributed by atoms with Crippen LogP contribution in [0.1, 0.15) is 39.2 Å². The van der Waals surface area contributed by atoms with Crippen LogP contribution in [0.15, 0.2) is 41.6 Å². The molecule has 164 valence electrons. The van der Waals surface area contributed by atoms with Gasteiger partial charge >= 0.3 is 0 Å². The van der Waals surface area contributed by atoms with Crippen LogP contribution in [-0.2, 0) is 15.6 Å². The second-order valence-corrected chi connectivity index (χ2v) is 14.4. The van der Waals surface area contributed by atoms with Crippen molar-refractivity contribution in [1.82, 2.24) is 4.90 Å².